The third kappa shape index (κ3) is 5.12. The molecule has 0 aliphatic rings. The number of rotatable bonds is 6. The van der Waals surface area contributed by atoms with E-state index in [-0.39, 0.29) is 30.9 Å². The van der Waals surface area contributed by atoms with Crippen LogP contribution in [0.2, 0.25) is 0 Å². The number of amides is 2. The molecule has 0 saturated heterocycles. The predicted octanol–water partition coefficient (Wildman–Crippen LogP) is -1.54. The van der Waals surface area contributed by atoms with Crippen LogP contribution in [0.1, 0.15) is 6.92 Å². The van der Waals surface area contributed by atoms with E-state index in [2.05, 4.69) is 15.6 Å². The van der Waals surface area contributed by atoms with E-state index in [0.29, 0.717) is 6.54 Å². The minimum Gasteiger partial charge on any atom is -0.350 e. The van der Waals surface area contributed by atoms with E-state index in [0.717, 1.165) is 0 Å². The zero-order valence-electron chi connectivity index (χ0n) is 9.72. The minimum atomic E-state index is -0.345. The van der Waals surface area contributed by atoms with E-state index >= 15 is 0 Å². The van der Waals surface area contributed by atoms with Gasteiger partial charge in [0.2, 0.25) is 11.8 Å². The van der Waals surface area contributed by atoms with Crippen molar-refractivity contribution in [2.24, 2.45) is 5.73 Å². The van der Waals surface area contributed by atoms with E-state index < -0.39 is 0 Å². The lowest BCUT2D eigenvalue weighted by molar-refractivity contribution is -0.125. The highest BCUT2D eigenvalue weighted by Crippen LogP contribution is 1.91. The van der Waals surface area contributed by atoms with Crippen LogP contribution in [0.4, 0.5) is 0 Å². The maximum Gasteiger partial charge on any atom is 0.239 e. The molecule has 1 aromatic heterocycles. The van der Waals surface area contributed by atoms with Gasteiger partial charge >= 0.3 is 0 Å². The quantitative estimate of drug-likeness (QED) is 0.560. The first-order valence-corrected chi connectivity index (χ1v) is 5.33. The van der Waals surface area contributed by atoms with Crippen LogP contribution in [0.15, 0.2) is 18.7 Å². The Morgan fingerprint density at radius 1 is 1.47 bits per heavy atom. The van der Waals surface area contributed by atoms with Crippen molar-refractivity contribution in [3.63, 3.8) is 0 Å². The zero-order chi connectivity index (χ0) is 12.7. The molecule has 17 heavy (non-hydrogen) atoms. The summed E-state index contributed by atoms with van der Waals surface area (Å²) in [4.78, 5) is 26.1. The molecule has 1 heterocycles. The Morgan fingerprint density at radius 2 is 2.24 bits per heavy atom. The molecule has 1 atom stereocenters. The Bertz CT molecular complexity index is 363. The van der Waals surface area contributed by atoms with Crippen LogP contribution in [-0.2, 0) is 16.1 Å². The summed E-state index contributed by atoms with van der Waals surface area (Å²) in [6.07, 6.45) is 5.17. The topological polar surface area (TPSA) is 102 Å². The highest BCUT2D eigenvalue weighted by Gasteiger charge is 2.08. The van der Waals surface area contributed by atoms with E-state index in [1.54, 1.807) is 12.5 Å². The van der Waals surface area contributed by atoms with Gasteiger partial charge in [-0.1, -0.05) is 0 Å². The van der Waals surface area contributed by atoms with Gasteiger partial charge in [-0.25, -0.2) is 4.98 Å². The molecule has 4 N–H and O–H groups in total. The van der Waals surface area contributed by atoms with Crippen LogP contribution in [0.25, 0.3) is 0 Å². The maximum atomic E-state index is 11.4. The van der Waals surface area contributed by atoms with Gasteiger partial charge in [0.25, 0.3) is 0 Å². The van der Waals surface area contributed by atoms with Gasteiger partial charge in [-0.2, -0.15) is 0 Å². The summed E-state index contributed by atoms with van der Waals surface area (Å²) in [5, 5.41) is 5.16. The van der Waals surface area contributed by atoms with Gasteiger partial charge in [-0.05, 0) is 6.92 Å². The second kappa shape index (κ2) is 6.64. The van der Waals surface area contributed by atoms with E-state index in [1.165, 1.54) is 0 Å². The van der Waals surface area contributed by atoms with Crippen molar-refractivity contribution < 1.29 is 9.59 Å². The number of nitrogens with zero attached hydrogens (tertiary/aromatic N) is 2. The first kappa shape index (κ1) is 13.2. The fourth-order valence-electron chi connectivity index (χ4n) is 1.33. The first-order valence-electron chi connectivity index (χ1n) is 5.33. The Kier molecular flexibility index (Phi) is 5.15. The van der Waals surface area contributed by atoms with E-state index in [1.807, 2.05) is 17.7 Å². The number of carbonyl (C=O) groups excluding carboxylic acids is 2. The van der Waals surface area contributed by atoms with Gasteiger partial charge in [0.15, 0.2) is 0 Å². The van der Waals surface area contributed by atoms with Crippen LogP contribution in [-0.4, -0.2) is 40.5 Å². The summed E-state index contributed by atoms with van der Waals surface area (Å²) in [6.45, 7) is 2.35. The number of nitrogens with two attached hydrogens (primary N) is 1. The molecule has 7 nitrogen and oxygen atoms in total. The van der Waals surface area contributed by atoms with Crippen LogP contribution in [0.3, 0.4) is 0 Å². The van der Waals surface area contributed by atoms with Gasteiger partial charge in [0.1, 0.15) is 0 Å². The number of aromatic nitrogens is 2. The summed E-state index contributed by atoms with van der Waals surface area (Å²) in [5.41, 5.74) is 5.10. The Labute approximate surface area is 99.4 Å². The summed E-state index contributed by atoms with van der Waals surface area (Å²) in [7, 11) is 0. The maximum absolute atomic E-state index is 11.4. The van der Waals surface area contributed by atoms with Crippen molar-refractivity contribution in [1.29, 1.82) is 0 Å². The van der Waals surface area contributed by atoms with Gasteiger partial charge in [0.05, 0.1) is 19.4 Å². The average Bonchev–Trinajstić information content (AvgIpc) is 2.78. The van der Waals surface area contributed by atoms with Crippen LogP contribution in [0, 0.1) is 0 Å². The molecule has 0 radical (unpaired) electrons. The molecule has 0 aliphatic carbocycles. The molecule has 0 bridgehead atoms. The Hall–Kier alpha value is -1.89. The van der Waals surface area contributed by atoms with Gasteiger partial charge in [-0.3, -0.25) is 9.59 Å². The summed E-state index contributed by atoms with van der Waals surface area (Å²) in [6, 6.07) is -0.0357. The van der Waals surface area contributed by atoms with Crippen LogP contribution >= 0.6 is 0 Å². The summed E-state index contributed by atoms with van der Waals surface area (Å²) >= 11 is 0. The molecule has 0 fully saturated rings. The lowest BCUT2D eigenvalue weighted by Crippen LogP contribution is -2.43. The predicted molar refractivity (Wildman–Crippen MR) is 61.9 cm³/mol. The molecule has 0 spiro atoms. The third-order valence-electron chi connectivity index (χ3n) is 2.08. The monoisotopic (exact) mass is 239 g/mol. The fourth-order valence-corrected chi connectivity index (χ4v) is 1.33. The highest BCUT2D eigenvalue weighted by molar-refractivity contribution is 5.85. The number of nitrogens with one attached hydrogen (secondary N) is 2. The summed E-state index contributed by atoms with van der Waals surface area (Å²) < 4.78 is 1.86. The SMILES string of the molecule is CC(Cn1ccnc1)NC(=O)CNC(=O)CN. The van der Waals surface area contributed by atoms with Gasteiger partial charge in [-0.15, -0.1) is 0 Å². The smallest absolute Gasteiger partial charge is 0.239 e. The normalized spacial score (nSPS) is 11.9. The molecule has 0 aromatic carbocycles. The molecule has 1 rings (SSSR count). The minimum absolute atomic E-state index is 0.0357. The molecule has 0 aliphatic heterocycles. The lowest BCUT2D eigenvalue weighted by Gasteiger charge is -2.14. The Balaban J connectivity index is 2.24. The molecule has 2 amide bonds. The van der Waals surface area contributed by atoms with Crippen molar-refractivity contribution in [3.8, 4) is 0 Å². The zero-order valence-corrected chi connectivity index (χ0v) is 9.72. The van der Waals surface area contributed by atoms with Crippen LogP contribution < -0.4 is 16.4 Å². The van der Waals surface area contributed by atoms with Crippen molar-refractivity contribution in [2.45, 2.75) is 19.5 Å². The second-order valence-corrected chi connectivity index (χ2v) is 3.71. The van der Waals surface area contributed by atoms with Gasteiger partial charge in [0, 0.05) is 25.0 Å². The third-order valence-corrected chi connectivity index (χ3v) is 2.08. The Morgan fingerprint density at radius 3 is 2.82 bits per heavy atom. The fraction of sp³-hybridized carbons (Fsp3) is 0.500. The van der Waals surface area contributed by atoms with Crippen molar-refractivity contribution >= 4 is 11.8 Å². The van der Waals surface area contributed by atoms with Gasteiger partial charge < -0.3 is 20.9 Å². The molecular weight excluding hydrogens is 222 g/mol. The largest absolute Gasteiger partial charge is 0.350 e. The van der Waals surface area contributed by atoms with Crippen molar-refractivity contribution in [1.82, 2.24) is 20.2 Å². The molecule has 7 heteroatoms. The standard InChI is InChI=1S/C10H17N5O2/c1-8(6-15-3-2-12-7-15)14-10(17)5-13-9(16)4-11/h2-3,7-8H,4-6,11H2,1H3,(H,13,16)(H,14,17). The number of carbonyl (C=O) groups is 2. The van der Waals surface area contributed by atoms with Crippen LogP contribution in [0.5, 0.6) is 0 Å². The first-order chi connectivity index (χ1) is 8.11. The number of imidazole rings is 1. The highest BCUT2D eigenvalue weighted by atomic mass is 16.2. The van der Waals surface area contributed by atoms with E-state index in [9.17, 15) is 9.59 Å². The van der Waals surface area contributed by atoms with E-state index in [4.69, 9.17) is 5.73 Å². The number of hydrogen-bond donors (Lipinski definition) is 3. The molecule has 0 saturated carbocycles. The van der Waals surface area contributed by atoms with Crippen molar-refractivity contribution in [3.05, 3.63) is 18.7 Å². The second-order valence-electron chi connectivity index (χ2n) is 3.71. The summed E-state index contributed by atoms with van der Waals surface area (Å²) in [5.74, 6) is -0.582. The number of hydrogen-bond acceptors (Lipinski definition) is 4. The molecule has 1 unspecified atom stereocenters. The lowest BCUT2D eigenvalue weighted by atomic mass is 10.3. The molecular formula is C10H17N5O2. The molecule has 94 valence electrons. The van der Waals surface area contributed by atoms with Crippen molar-refractivity contribution in [2.75, 3.05) is 13.1 Å². The molecule has 1 aromatic rings. The average molecular weight is 239 g/mol.